The second-order valence-corrected chi connectivity index (χ2v) is 4.53. The van der Waals surface area contributed by atoms with Gasteiger partial charge >= 0.3 is 0 Å². The van der Waals surface area contributed by atoms with E-state index in [0.717, 1.165) is 12.8 Å². The maximum absolute atomic E-state index is 9.82. The van der Waals surface area contributed by atoms with Gasteiger partial charge in [-0.15, -0.1) is 0 Å². The predicted octanol–water partition coefficient (Wildman–Crippen LogP) is 2.93. The first kappa shape index (κ1) is 9.72. The third-order valence-electron chi connectivity index (χ3n) is 3.15. The summed E-state index contributed by atoms with van der Waals surface area (Å²) in [4.78, 5) is 0. The van der Waals surface area contributed by atoms with Gasteiger partial charge in [0.1, 0.15) is 0 Å². The third kappa shape index (κ3) is 1.83. The third-order valence-corrected chi connectivity index (χ3v) is 3.15. The van der Waals surface area contributed by atoms with Crippen molar-refractivity contribution in [3.63, 3.8) is 0 Å². The van der Waals surface area contributed by atoms with Gasteiger partial charge in [-0.25, -0.2) is 0 Å². The van der Waals surface area contributed by atoms with Crippen LogP contribution in [0.4, 0.5) is 0 Å². The highest BCUT2D eigenvalue weighted by molar-refractivity contribution is 5.32. The summed E-state index contributed by atoms with van der Waals surface area (Å²) in [6.45, 7) is 4.25. The Hall–Kier alpha value is -0.820. The molecule has 0 saturated heterocycles. The molecule has 0 unspecified atom stereocenters. The monoisotopic (exact) mass is 190 g/mol. The topological polar surface area (TPSA) is 20.2 Å². The number of aliphatic hydroxyl groups is 1. The van der Waals surface area contributed by atoms with Gasteiger partial charge in [-0.05, 0) is 32.3 Å². The van der Waals surface area contributed by atoms with Gasteiger partial charge in [0.2, 0.25) is 0 Å². The zero-order valence-electron chi connectivity index (χ0n) is 8.96. The van der Waals surface area contributed by atoms with Crippen molar-refractivity contribution in [1.82, 2.24) is 0 Å². The molecule has 1 fully saturated rings. The summed E-state index contributed by atoms with van der Waals surface area (Å²) in [6.07, 6.45) is 3.16. The molecule has 0 aromatic heterocycles. The van der Waals surface area contributed by atoms with E-state index in [9.17, 15) is 5.11 Å². The molecule has 76 valence electrons. The molecule has 0 amide bonds. The quantitative estimate of drug-likeness (QED) is 0.722. The number of aliphatic hydroxyl groups excluding tert-OH is 1. The van der Waals surface area contributed by atoms with Gasteiger partial charge in [-0.1, -0.05) is 35.7 Å². The van der Waals surface area contributed by atoms with Crippen molar-refractivity contribution < 1.29 is 5.11 Å². The van der Waals surface area contributed by atoms with Crippen LogP contribution in [0.1, 0.15) is 41.9 Å². The highest BCUT2D eigenvalue weighted by Gasteiger charge is 2.26. The standard InChI is InChI=1S/C13H18O/c1-9-6-10(2)8-11(7-9)12-4-3-5-13(12)14/h6-8,12-14H,3-5H2,1-2H3/t12-,13+/m1/s1. The van der Waals surface area contributed by atoms with E-state index >= 15 is 0 Å². The summed E-state index contributed by atoms with van der Waals surface area (Å²) in [7, 11) is 0. The Morgan fingerprint density at radius 2 is 1.71 bits per heavy atom. The molecule has 1 heteroatoms. The lowest BCUT2D eigenvalue weighted by atomic mass is 9.93. The fourth-order valence-electron chi connectivity index (χ4n) is 2.55. The smallest absolute Gasteiger partial charge is 0.0608 e. The van der Waals surface area contributed by atoms with Crippen molar-refractivity contribution >= 4 is 0 Å². The van der Waals surface area contributed by atoms with Crippen molar-refractivity contribution in [1.29, 1.82) is 0 Å². The molecule has 1 N–H and O–H groups in total. The van der Waals surface area contributed by atoms with E-state index in [1.54, 1.807) is 0 Å². The van der Waals surface area contributed by atoms with Gasteiger partial charge < -0.3 is 5.11 Å². The lowest BCUT2D eigenvalue weighted by molar-refractivity contribution is 0.164. The highest BCUT2D eigenvalue weighted by atomic mass is 16.3. The van der Waals surface area contributed by atoms with E-state index in [-0.39, 0.29) is 6.10 Å². The molecule has 1 aromatic rings. The van der Waals surface area contributed by atoms with E-state index in [1.807, 2.05) is 0 Å². The summed E-state index contributed by atoms with van der Waals surface area (Å²) in [5, 5.41) is 9.82. The van der Waals surface area contributed by atoms with Gasteiger partial charge in [0.25, 0.3) is 0 Å². The molecular formula is C13H18O. The fraction of sp³-hybridized carbons (Fsp3) is 0.538. The van der Waals surface area contributed by atoms with Crippen LogP contribution in [-0.2, 0) is 0 Å². The Morgan fingerprint density at radius 1 is 1.07 bits per heavy atom. The highest BCUT2D eigenvalue weighted by Crippen LogP contribution is 2.35. The lowest BCUT2D eigenvalue weighted by Crippen LogP contribution is -2.11. The van der Waals surface area contributed by atoms with Crippen LogP contribution in [-0.4, -0.2) is 11.2 Å². The average Bonchev–Trinajstić information content (AvgIpc) is 2.49. The number of aryl methyl sites for hydroxylation is 2. The number of rotatable bonds is 1. The van der Waals surface area contributed by atoms with Gasteiger partial charge in [-0.3, -0.25) is 0 Å². The van der Waals surface area contributed by atoms with Gasteiger partial charge in [0.15, 0.2) is 0 Å². The first-order valence-electron chi connectivity index (χ1n) is 5.43. The van der Waals surface area contributed by atoms with E-state index < -0.39 is 0 Å². The molecule has 1 aliphatic carbocycles. The minimum absolute atomic E-state index is 0.115. The Labute approximate surface area is 85.8 Å². The van der Waals surface area contributed by atoms with E-state index in [2.05, 4.69) is 32.0 Å². The van der Waals surface area contributed by atoms with E-state index in [4.69, 9.17) is 0 Å². The summed E-state index contributed by atoms with van der Waals surface area (Å²) >= 11 is 0. The molecule has 0 bridgehead atoms. The maximum Gasteiger partial charge on any atom is 0.0608 e. The van der Waals surface area contributed by atoms with Crippen LogP contribution < -0.4 is 0 Å². The van der Waals surface area contributed by atoms with Gasteiger partial charge in [-0.2, -0.15) is 0 Å². The molecule has 0 heterocycles. The second-order valence-electron chi connectivity index (χ2n) is 4.53. The summed E-state index contributed by atoms with van der Waals surface area (Å²) < 4.78 is 0. The van der Waals surface area contributed by atoms with Crippen LogP contribution in [0.15, 0.2) is 18.2 Å². The molecule has 1 aromatic carbocycles. The van der Waals surface area contributed by atoms with Crippen LogP contribution in [0.25, 0.3) is 0 Å². The van der Waals surface area contributed by atoms with Crippen molar-refractivity contribution in [3.05, 3.63) is 34.9 Å². The molecule has 1 saturated carbocycles. The lowest BCUT2D eigenvalue weighted by Gasteiger charge is -2.16. The Bertz CT molecular complexity index is 310. The van der Waals surface area contributed by atoms with Crippen LogP contribution in [0, 0.1) is 13.8 Å². The Balaban J connectivity index is 2.31. The zero-order chi connectivity index (χ0) is 10.1. The Morgan fingerprint density at radius 3 is 2.21 bits per heavy atom. The van der Waals surface area contributed by atoms with E-state index in [0.29, 0.717) is 5.92 Å². The SMILES string of the molecule is Cc1cc(C)cc([C@H]2CCC[C@@H]2O)c1. The van der Waals surface area contributed by atoms with Crippen molar-refractivity contribution in [2.24, 2.45) is 0 Å². The molecule has 0 aliphatic heterocycles. The fourth-order valence-corrected chi connectivity index (χ4v) is 2.55. The summed E-state index contributed by atoms with van der Waals surface area (Å²) in [5.41, 5.74) is 3.94. The number of hydrogen-bond donors (Lipinski definition) is 1. The maximum atomic E-state index is 9.82. The summed E-state index contributed by atoms with van der Waals surface area (Å²) in [6, 6.07) is 6.61. The van der Waals surface area contributed by atoms with Crippen molar-refractivity contribution in [2.45, 2.75) is 45.1 Å². The first-order chi connectivity index (χ1) is 6.66. The zero-order valence-corrected chi connectivity index (χ0v) is 8.96. The number of benzene rings is 1. The second kappa shape index (κ2) is 3.74. The largest absolute Gasteiger partial charge is 0.392 e. The summed E-state index contributed by atoms with van der Waals surface area (Å²) in [5.74, 6) is 0.383. The molecule has 2 atom stereocenters. The van der Waals surface area contributed by atoms with Crippen molar-refractivity contribution in [3.8, 4) is 0 Å². The van der Waals surface area contributed by atoms with Crippen LogP contribution in [0.2, 0.25) is 0 Å². The molecule has 1 nitrogen and oxygen atoms in total. The van der Waals surface area contributed by atoms with Crippen LogP contribution in [0.3, 0.4) is 0 Å². The van der Waals surface area contributed by atoms with Gasteiger partial charge in [0.05, 0.1) is 6.10 Å². The minimum atomic E-state index is -0.115. The van der Waals surface area contributed by atoms with E-state index in [1.165, 1.54) is 23.1 Å². The predicted molar refractivity (Wildman–Crippen MR) is 58.5 cm³/mol. The molecular weight excluding hydrogens is 172 g/mol. The molecule has 2 rings (SSSR count). The molecule has 0 radical (unpaired) electrons. The van der Waals surface area contributed by atoms with Crippen LogP contribution in [0.5, 0.6) is 0 Å². The molecule has 0 spiro atoms. The normalized spacial score (nSPS) is 26.8. The molecule has 14 heavy (non-hydrogen) atoms. The average molecular weight is 190 g/mol. The Kier molecular flexibility index (Phi) is 2.60. The minimum Gasteiger partial charge on any atom is -0.392 e. The van der Waals surface area contributed by atoms with Gasteiger partial charge in [0, 0.05) is 5.92 Å². The van der Waals surface area contributed by atoms with Crippen LogP contribution >= 0.6 is 0 Å². The number of hydrogen-bond acceptors (Lipinski definition) is 1. The molecule has 1 aliphatic rings. The first-order valence-corrected chi connectivity index (χ1v) is 5.43. The van der Waals surface area contributed by atoms with Crippen molar-refractivity contribution in [2.75, 3.05) is 0 Å².